The van der Waals surface area contributed by atoms with E-state index in [0.29, 0.717) is 24.0 Å². The molecule has 0 amide bonds. The number of aliphatic hydroxyl groups excluding tert-OH is 1. The molecule has 4 rings (SSSR count). The molecule has 0 aliphatic heterocycles. The SMILES string of the molecule is COc1ccc(-n2nnc3cnc(CC4CCC(CO)CC4)nc32)cc1. The zero-order chi connectivity index (χ0) is 17.9. The molecular weight excluding hydrogens is 330 g/mol. The van der Waals surface area contributed by atoms with Crippen LogP contribution in [-0.2, 0) is 6.42 Å². The Bertz CT molecular complexity index is 869. The molecule has 136 valence electrons. The largest absolute Gasteiger partial charge is 0.497 e. The summed E-state index contributed by atoms with van der Waals surface area (Å²) in [6, 6.07) is 7.66. The third-order valence-electron chi connectivity index (χ3n) is 5.26. The lowest BCUT2D eigenvalue weighted by Gasteiger charge is -2.26. The standard InChI is InChI=1S/C19H23N5O2/c1-26-16-8-6-15(7-9-16)24-19-17(22-23-24)11-20-18(21-19)10-13-2-4-14(12-25)5-3-13/h6-9,11,13-14,25H,2-5,10,12H2,1H3. The molecule has 1 aliphatic carbocycles. The predicted octanol–water partition coefficient (Wildman–Crippen LogP) is 2.56. The molecule has 2 heterocycles. The van der Waals surface area contributed by atoms with E-state index in [9.17, 15) is 5.11 Å². The summed E-state index contributed by atoms with van der Waals surface area (Å²) in [7, 11) is 1.65. The van der Waals surface area contributed by atoms with Gasteiger partial charge >= 0.3 is 0 Å². The zero-order valence-electron chi connectivity index (χ0n) is 14.9. The molecule has 7 heteroatoms. The number of fused-ring (bicyclic) bond motifs is 1. The minimum atomic E-state index is 0.307. The summed E-state index contributed by atoms with van der Waals surface area (Å²) in [5.74, 6) is 2.69. The van der Waals surface area contributed by atoms with Gasteiger partial charge in [-0.3, -0.25) is 0 Å². The van der Waals surface area contributed by atoms with Gasteiger partial charge in [0.05, 0.1) is 19.0 Å². The topological polar surface area (TPSA) is 86.0 Å². The van der Waals surface area contributed by atoms with Gasteiger partial charge in [0.15, 0.2) is 11.2 Å². The average Bonchev–Trinajstić information content (AvgIpc) is 3.12. The second kappa shape index (κ2) is 7.37. The maximum atomic E-state index is 9.28. The van der Waals surface area contributed by atoms with Crippen molar-refractivity contribution in [1.82, 2.24) is 25.0 Å². The zero-order valence-corrected chi connectivity index (χ0v) is 14.9. The molecule has 1 saturated carbocycles. The van der Waals surface area contributed by atoms with Crippen LogP contribution in [0.25, 0.3) is 16.9 Å². The fourth-order valence-corrected chi connectivity index (χ4v) is 3.64. The maximum Gasteiger partial charge on any atom is 0.187 e. The average molecular weight is 353 g/mol. The van der Waals surface area contributed by atoms with Crippen molar-refractivity contribution in [3.8, 4) is 11.4 Å². The van der Waals surface area contributed by atoms with Crippen LogP contribution in [0.2, 0.25) is 0 Å². The van der Waals surface area contributed by atoms with Gasteiger partial charge in [0, 0.05) is 13.0 Å². The Morgan fingerprint density at radius 3 is 2.54 bits per heavy atom. The molecule has 1 aliphatic rings. The molecular formula is C19H23N5O2. The summed E-state index contributed by atoms with van der Waals surface area (Å²) in [6.45, 7) is 0.307. The highest BCUT2D eigenvalue weighted by Gasteiger charge is 2.22. The molecule has 1 N–H and O–H groups in total. The van der Waals surface area contributed by atoms with Crippen LogP contribution < -0.4 is 4.74 Å². The van der Waals surface area contributed by atoms with Crippen LogP contribution in [0.3, 0.4) is 0 Å². The third-order valence-corrected chi connectivity index (χ3v) is 5.26. The van der Waals surface area contributed by atoms with Crippen LogP contribution in [0.15, 0.2) is 30.5 Å². The van der Waals surface area contributed by atoms with E-state index >= 15 is 0 Å². The Morgan fingerprint density at radius 2 is 1.85 bits per heavy atom. The lowest BCUT2D eigenvalue weighted by atomic mass is 9.81. The van der Waals surface area contributed by atoms with Crippen molar-refractivity contribution in [1.29, 1.82) is 0 Å². The van der Waals surface area contributed by atoms with E-state index < -0.39 is 0 Å². The molecule has 0 spiro atoms. The first-order chi connectivity index (χ1) is 12.8. The first-order valence-electron chi connectivity index (χ1n) is 9.09. The van der Waals surface area contributed by atoms with Crippen molar-refractivity contribution < 1.29 is 9.84 Å². The monoisotopic (exact) mass is 353 g/mol. The van der Waals surface area contributed by atoms with Crippen LogP contribution in [0.5, 0.6) is 5.75 Å². The van der Waals surface area contributed by atoms with Gasteiger partial charge in [-0.25, -0.2) is 9.97 Å². The number of aliphatic hydroxyl groups is 1. The maximum absolute atomic E-state index is 9.28. The Kier molecular flexibility index (Phi) is 4.79. The van der Waals surface area contributed by atoms with Crippen LogP contribution >= 0.6 is 0 Å². The van der Waals surface area contributed by atoms with E-state index in [1.54, 1.807) is 18.0 Å². The number of benzene rings is 1. The summed E-state index contributed by atoms with van der Waals surface area (Å²) in [6.07, 6.45) is 7.06. The molecule has 0 atom stereocenters. The van der Waals surface area contributed by atoms with E-state index in [1.165, 1.54) is 0 Å². The van der Waals surface area contributed by atoms with Crippen molar-refractivity contribution in [2.24, 2.45) is 11.8 Å². The molecule has 0 unspecified atom stereocenters. The van der Waals surface area contributed by atoms with Crippen LogP contribution in [0.1, 0.15) is 31.5 Å². The highest BCUT2D eigenvalue weighted by Crippen LogP contribution is 2.30. The molecule has 7 nitrogen and oxygen atoms in total. The van der Waals surface area contributed by atoms with Crippen molar-refractivity contribution in [3.63, 3.8) is 0 Å². The van der Waals surface area contributed by atoms with Crippen molar-refractivity contribution in [2.75, 3.05) is 13.7 Å². The van der Waals surface area contributed by atoms with E-state index in [1.807, 2.05) is 24.3 Å². The van der Waals surface area contributed by atoms with Gasteiger partial charge < -0.3 is 9.84 Å². The summed E-state index contributed by atoms with van der Waals surface area (Å²) >= 11 is 0. The van der Waals surface area contributed by atoms with E-state index in [0.717, 1.165) is 55.0 Å². The van der Waals surface area contributed by atoms with Crippen LogP contribution in [0.4, 0.5) is 0 Å². The number of hydrogen-bond donors (Lipinski definition) is 1. The Balaban J connectivity index is 1.56. The van der Waals surface area contributed by atoms with Gasteiger partial charge in [-0.1, -0.05) is 5.21 Å². The lowest BCUT2D eigenvalue weighted by Crippen LogP contribution is -2.19. The smallest absolute Gasteiger partial charge is 0.187 e. The molecule has 0 saturated heterocycles. The molecule has 3 aromatic rings. The Morgan fingerprint density at radius 1 is 1.12 bits per heavy atom. The van der Waals surface area contributed by atoms with E-state index in [4.69, 9.17) is 9.72 Å². The summed E-state index contributed by atoms with van der Waals surface area (Å²) < 4.78 is 6.95. The fraction of sp³-hybridized carbons (Fsp3) is 0.474. The summed E-state index contributed by atoms with van der Waals surface area (Å²) in [4.78, 5) is 9.21. The van der Waals surface area contributed by atoms with Crippen molar-refractivity contribution in [3.05, 3.63) is 36.3 Å². The minimum Gasteiger partial charge on any atom is -0.497 e. The molecule has 0 bridgehead atoms. The van der Waals surface area contributed by atoms with E-state index in [-0.39, 0.29) is 0 Å². The van der Waals surface area contributed by atoms with E-state index in [2.05, 4.69) is 15.3 Å². The minimum absolute atomic E-state index is 0.307. The number of methoxy groups -OCH3 is 1. The highest BCUT2D eigenvalue weighted by molar-refractivity contribution is 5.70. The van der Waals surface area contributed by atoms with Gasteiger partial charge in [0.1, 0.15) is 11.6 Å². The van der Waals surface area contributed by atoms with Gasteiger partial charge in [0.25, 0.3) is 0 Å². The second-order valence-corrected chi connectivity index (χ2v) is 6.97. The Labute approximate surface area is 152 Å². The fourth-order valence-electron chi connectivity index (χ4n) is 3.64. The Hall–Kier alpha value is -2.54. The van der Waals surface area contributed by atoms with Crippen LogP contribution in [0, 0.1) is 11.8 Å². The molecule has 1 aromatic carbocycles. The third kappa shape index (κ3) is 3.39. The van der Waals surface area contributed by atoms with Crippen LogP contribution in [-0.4, -0.2) is 43.8 Å². The summed E-state index contributed by atoms with van der Waals surface area (Å²) in [5.41, 5.74) is 2.30. The molecule has 1 fully saturated rings. The van der Waals surface area contributed by atoms with Gasteiger partial charge in [-0.05, 0) is 61.8 Å². The normalized spacial score (nSPS) is 20.4. The summed E-state index contributed by atoms with van der Waals surface area (Å²) in [5, 5.41) is 17.7. The molecule has 0 radical (unpaired) electrons. The van der Waals surface area contributed by atoms with Crippen molar-refractivity contribution >= 4 is 11.2 Å². The van der Waals surface area contributed by atoms with Gasteiger partial charge in [-0.15, -0.1) is 5.10 Å². The van der Waals surface area contributed by atoms with Gasteiger partial charge in [0.2, 0.25) is 0 Å². The number of ether oxygens (including phenoxy) is 1. The number of nitrogens with zero attached hydrogens (tertiary/aromatic N) is 5. The number of hydrogen-bond acceptors (Lipinski definition) is 6. The number of rotatable bonds is 5. The molecule has 2 aromatic heterocycles. The highest BCUT2D eigenvalue weighted by atomic mass is 16.5. The first kappa shape index (κ1) is 16.9. The quantitative estimate of drug-likeness (QED) is 0.759. The lowest BCUT2D eigenvalue weighted by molar-refractivity contribution is 0.166. The molecule has 26 heavy (non-hydrogen) atoms. The van der Waals surface area contributed by atoms with Crippen molar-refractivity contribution in [2.45, 2.75) is 32.1 Å². The van der Waals surface area contributed by atoms with Gasteiger partial charge in [-0.2, -0.15) is 4.68 Å². The first-order valence-corrected chi connectivity index (χ1v) is 9.09. The predicted molar refractivity (Wildman–Crippen MR) is 97.2 cm³/mol. The second-order valence-electron chi connectivity index (χ2n) is 6.97. The number of aromatic nitrogens is 5.